The number of hydrogen-bond acceptors (Lipinski definition) is 7. The van der Waals surface area contributed by atoms with E-state index in [2.05, 4.69) is 6.07 Å². The number of nitrogens with two attached hydrogens (primary N) is 1. The van der Waals surface area contributed by atoms with Crippen molar-refractivity contribution in [3.8, 4) is 5.75 Å². The van der Waals surface area contributed by atoms with Crippen LogP contribution in [0.25, 0.3) is 10.8 Å². The molecule has 0 saturated heterocycles. The largest absolute Gasteiger partial charge is 1.00 e. The number of nitrogen functional groups attached to an aromatic ring is 1. The number of carbonyl (C=O) groups is 3. The number of phenols is 1. The molecule has 2 amide bonds. The Kier molecular flexibility index (Phi) is 5.59. The van der Waals surface area contributed by atoms with Gasteiger partial charge in [0, 0.05) is 10.5 Å². The van der Waals surface area contributed by atoms with E-state index in [-0.39, 0.29) is 62.8 Å². The summed E-state index contributed by atoms with van der Waals surface area (Å²) in [6, 6.07) is 8.98. The van der Waals surface area contributed by atoms with Gasteiger partial charge in [-0.15, -0.1) is 0 Å². The summed E-state index contributed by atoms with van der Waals surface area (Å²) in [7, 11) is -4.72. The normalized spacial score (nSPS) is 13.3. The first-order valence-corrected chi connectivity index (χ1v) is 9.66. The topological polar surface area (TPSA) is 175 Å². The minimum Gasteiger partial charge on any atom is -0.507 e. The average Bonchev–Trinajstić information content (AvgIpc) is 2.67. The SMILES string of the molecule is Nc1[c-]cc2c3c(ccc(S(=O)(=O)O)c13)C(=O)N(c1ccc(O)c(C(=O)O)c1)C2=O.[Na+]. The minimum absolute atomic E-state index is 0. The zero-order chi connectivity index (χ0) is 22.0. The van der Waals surface area contributed by atoms with Gasteiger partial charge in [-0.3, -0.25) is 19.0 Å². The monoisotopic (exact) mass is 450 g/mol. The third-order valence-corrected chi connectivity index (χ3v) is 5.59. The van der Waals surface area contributed by atoms with Gasteiger partial charge >= 0.3 is 35.5 Å². The van der Waals surface area contributed by atoms with Crippen LogP contribution in [0.1, 0.15) is 31.1 Å². The zero-order valence-electron chi connectivity index (χ0n) is 15.8. The molecule has 0 unspecified atom stereocenters. The number of aromatic carboxylic acids is 1. The summed E-state index contributed by atoms with van der Waals surface area (Å²) in [5.41, 5.74) is 4.79. The molecule has 3 aromatic carbocycles. The molecule has 0 radical (unpaired) electrons. The molecule has 0 bridgehead atoms. The number of anilines is 2. The van der Waals surface area contributed by atoms with E-state index in [1.165, 1.54) is 12.1 Å². The molecule has 10 nitrogen and oxygen atoms in total. The van der Waals surface area contributed by atoms with Gasteiger partial charge in [-0.2, -0.15) is 20.6 Å². The molecule has 0 saturated carbocycles. The second-order valence-corrected chi connectivity index (χ2v) is 7.79. The van der Waals surface area contributed by atoms with Crippen LogP contribution in [-0.2, 0) is 10.1 Å². The molecular weight excluding hydrogens is 439 g/mol. The molecule has 3 aromatic rings. The average molecular weight is 450 g/mol. The van der Waals surface area contributed by atoms with Crippen molar-refractivity contribution in [2.24, 2.45) is 0 Å². The van der Waals surface area contributed by atoms with Gasteiger partial charge in [-0.05, 0) is 18.2 Å². The third kappa shape index (κ3) is 3.46. The molecule has 0 aromatic heterocycles. The van der Waals surface area contributed by atoms with Crippen LogP contribution in [0.3, 0.4) is 0 Å². The zero-order valence-corrected chi connectivity index (χ0v) is 18.6. The first-order valence-electron chi connectivity index (χ1n) is 8.22. The molecule has 5 N–H and O–H groups in total. The maximum Gasteiger partial charge on any atom is 1.00 e. The Hall–Kier alpha value is -2.96. The molecule has 0 spiro atoms. The first kappa shape index (κ1) is 22.7. The van der Waals surface area contributed by atoms with Crippen molar-refractivity contribution in [3.05, 3.63) is 59.2 Å². The number of carbonyl (C=O) groups excluding carboxylic acids is 2. The summed E-state index contributed by atoms with van der Waals surface area (Å²) in [4.78, 5) is 37.6. The van der Waals surface area contributed by atoms with Crippen LogP contribution < -0.4 is 40.2 Å². The summed E-state index contributed by atoms with van der Waals surface area (Å²) >= 11 is 0. The van der Waals surface area contributed by atoms with E-state index in [1.54, 1.807) is 0 Å². The maximum atomic E-state index is 13.1. The predicted octanol–water partition coefficient (Wildman–Crippen LogP) is -1.32. The van der Waals surface area contributed by atoms with Gasteiger partial charge in [-0.1, -0.05) is 34.2 Å². The summed E-state index contributed by atoms with van der Waals surface area (Å²) in [5, 5.41) is 18.6. The van der Waals surface area contributed by atoms with Crippen molar-refractivity contribution in [3.63, 3.8) is 0 Å². The Morgan fingerprint density at radius 1 is 1.03 bits per heavy atom. The Morgan fingerprint density at radius 3 is 2.29 bits per heavy atom. The molecule has 1 heterocycles. The molecule has 4 rings (SSSR count). The van der Waals surface area contributed by atoms with Crippen LogP contribution >= 0.6 is 0 Å². The summed E-state index contributed by atoms with van der Waals surface area (Å²) in [5.74, 6) is -3.77. The van der Waals surface area contributed by atoms with Crippen molar-refractivity contribution < 1.29 is 67.1 Å². The number of nitrogens with zero attached hydrogens (tertiary/aromatic N) is 1. The third-order valence-electron chi connectivity index (χ3n) is 4.69. The van der Waals surface area contributed by atoms with Gasteiger partial charge in [-0.25, -0.2) is 4.79 Å². The van der Waals surface area contributed by atoms with Crippen molar-refractivity contribution in [2.75, 3.05) is 10.6 Å². The van der Waals surface area contributed by atoms with E-state index < -0.39 is 44.1 Å². The molecule has 12 heteroatoms. The van der Waals surface area contributed by atoms with E-state index >= 15 is 0 Å². The minimum atomic E-state index is -4.72. The molecule has 152 valence electrons. The van der Waals surface area contributed by atoms with Crippen LogP contribution in [-0.4, -0.2) is 41.0 Å². The predicted molar refractivity (Wildman–Crippen MR) is 103 cm³/mol. The number of imide groups is 1. The van der Waals surface area contributed by atoms with Crippen LogP contribution in [0.15, 0.2) is 41.3 Å². The molecule has 0 fully saturated rings. The van der Waals surface area contributed by atoms with Crippen LogP contribution in [0.5, 0.6) is 5.75 Å². The van der Waals surface area contributed by atoms with E-state index in [0.29, 0.717) is 4.90 Å². The van der Waals surface area contributed by atoms with E-state index in [0.717, 1.165) is 24.3 Å². The van der Waals surface area contributed by atoms with E-state index in [1.807, 2.05) is 0 Å². The number of aromatic hydroxyl groups is 1. The maximum absolute atomic E-state index is 13.1. The number of rotatable bonds is 3. The quantitative estimate of drug-likeness (QED) is 0.124. The second kappa shape index (κ2) is 7.62. The molecule has 1 aliphatic rings. The van der Waals surface area contributed by atoms with Gasteiger partial charge in [0.15, 0.2) is 0 Å². The summed E-state index contributed by atoms with van der Waals surface area (Å²) in [6.07, 6.45) is 0. The Bertz CT molecular complexity index is 1400. The Morgan fingerprint density at radius 2 is 1.68 bits per heavy atom. The fraction of sp³-hybridized carbons (Fsp3) is 0. The summed E-state index contributed by atoms with van der Waals surface area (Å²) < 4.78 is 33.0. The number of hydrogen-bond donors (Lipinski definition) is 4. The number of carboxylic acids is 1. The molecule has 0 atom stereocenters. The smallest absolute Gasteiger partial charge is 0.507 e. The van der Waals surface area contributed by atoms with Crippen LogP contribution in [0, 0.1) is 6.07 Å². The number of benzene rings is 3. The van der Waals surface area contributed by atoms with Gasteiger partial charge in [0.25, 0.3) is 16.0 Å². The second-order valence-electron chi connectivity index (χ2n) is 6.40. The van der Waals surface area contributed by atoms with E-state index in [4.69, 9.17) is 5.73 Å². The molecule has 1 aliphatic heterocycles. The summed E-state index contributed by atoms with van der Waals surface area (Å²) in [6.45, 7) is 0. The number of amides is 2. The number of carboxylic acid groups (broad SMARTS) is 1. The van der Waals surface area contributed by atoms with Crippen molar-refractivity contribution in [1.82, 2.24) is 0 Å². The van der Waals surface area contributed by atoms with Gasteiger partial charge in [0.1, 0.15) is 11.3 Å². The molecular formula is C19H11N2NaO8S. The first-order chi connectivity index (χ1) is 14.0. The Labute approximate surface area is 196 Å². The van der Waals surface area contributed by atoms with Crippen LogP contribution in [0.4, 0.5) is 11.4 Å². The van der Waals surface area contributed by atoms with Crippen LogP contribution in [0.2, 0.25) is 0 Å². The molecule has 0 aliphatic carbocycles. The van der Waals surface area contributed by atoms with Gasteiger partial charge in [0.2, 0.25) is 5.91 Å². The fourth-order valence-electron chi connectivity index (χ4n) is 3.39. The van der Waals surface area contributed by atoms with Gasteiger partial charge < -0.3 is 15.9 Å². The fourth-order valence-corrected chi connectivity index (χ4v) is 4.10. The van der Waals surface area contributed by atoms with Crippen molar-refractivity contribution >= 4 is 50.0 Å². The Balaban J connectivity index is 0.00000272. The van der Waals surface area contributed by atoms with Crippen molar-refractivity contribution in [2.45, 2.75) is 4.90 Å². The van der Waals surface area contributed by atoms with E-state index in [9.17, 15) is 37.6 Å². The molecule has 31 heavy (non-hydrogen) atoms. The van der Waals surface area contributed by atoms with Gasteiger partial charge in [0.05, 0.1) is 5.69 Å². The van der Waals surface area contributed by atoms with Crippen molar-refractivity contribution in [1.29, 1.82) is 0 Å². The standard InChI is InChI=1S/C19H11N2O8S.Na/c20-12-4-2-9-15-10(3-6-14(16(12)15)30(27,28)29)18(24)21(17(9)23)8-1-5-13(22)11(7-8)19(25)26;/h1-3,5-7,22H,20H2,(H,25,26)(H,27,28,29);/q-1;+1.